The Bertz CT molecular complexity index is 727. The lowest BCUT2D eigenvalue weighted by Gasteiger charge is -2.08. The first-order valence-electron chi connectivity index (χ1n) is 5.90. The second kappa shape index (κ2) is 4.67. The molecule has 3 rings (SSSR count). The summed E-state index contributed by atoms with van der Waals surface area (Å²) in [5.41, 5.74) is 1.02. The minimum atomic E-state index is -3.38. The van der Waals surface area contributed by atoms with Crippen LogP contribution in [0.1, 0.15) is 11.6 Å². The fraction of sp³-hybridized carbons (Fsp3) is 0.273. The molecule has 9 heteroatoms. The van der Waals surface area contributed by atoms with Crippen molar-refractivity contribution in [3.63, 3.8) is 0 Å². The lowest BCUT2D eigenvalue weighted by atomic mass is 10.1. The van der Waals surface area contributed by atoms with E-state index in [4.69, 9.17) is 4.74 Å². The van der Waals surface area contributed by atoms with Crippen molar-refractivity contribution < 1.29 is 13.2 Å². The summed E-state index contributed by atoms with van der Waals surface area (Å²) in [7, 11) is -3.38. The van der Waals surface area contributed by atoms with Crippen molar-refractivity contribution in [3.8, 4) is 5.75 Å². The molecule has 0 saturated carbocycles. The first-order valence-corrected chi connectivity index (χ1v) is 7.79. The highest BCUT2D eigenvalue weighted by molar-refractivity contribution is 7.91. The summed E-state index contributed by atoms with van der Waals surface area (Å²) in [6.07, 6.45) is 1.05. The Morgan fingerprint density at radius 3 is 3.00 bits per heavy atom. The number of benzene rings is 1. The molecule has 1 aliphatic heterocycles. The van der Waals surface area contributed by atoms with Crippen molar-refractivity contribution in [2.24, 2.45) is 0 Å². The molecule has 3 N–H and O–H groups in total. The van der Waals surface area contributed by atoms with E-state index in [0.29, 0.717) is 12.6 Å². The molecule has 0 fully saturated rings. The summed E-state index contributed by atoms with van der Waals surface area (Å²) in [5.74, 6) is 1.21. The van der Waals surface area contributed by atoms with E-state index in [2.05, 4.69) is 25.2 Å². The van der Waals surface area contributed by atoms with Gasteiger partial charge in [-0.15, -0.1) is 5.10 Å². The van der Waals surface area contributed by atoms with Crippen LogP contribution in [0.15, 0.2) is 24.3 Å². The maximum atomic E-state index is 11.1. The number of aromatic amines is 1. The number of aromatic nitrogens is 3. The third kappa shape index (κ3) is 2.67. The van der Waals surface area contributed by atoms with Gasteiger partial charge in [-0.05, 0) is 6.07 Å². The van der Waals surface area contributed by atoms with E-state index in [9.17, 15) is 8.42 Å². The van der Waals surface area contributed by atoms with Gasteiger partial charge in [-0.25, -0.2) is 13.5 Å². The molecular formula is C11H13N5O3S. The maximum absolute atomic E-state index is 11.1. The first-order chi connectivity index (χ1) is 9.51. The van der Waals surface area contributed by atoms with E-state index < -0.39 is 10.0 Å². The molecule has 20 heavy (non-hydrogen) atoms. The number of hydrogen-bond donors (Lipinski definition) is 3. The summed E-state index contributed by atoms with van der Waals surface area (Å²) in [6.45, 7) is 0.475. The van der Waals surface area contributed by atoms with Gasteiger partial charge in [-0.1, -0.05) is 18.2 Å². The zero-order valence-electron chi connectivity index (χ0n) is 10.6. The smallest absolute Gasteiger partial charge is 0.244 e. The predicted octanol–water partition coefficient (Wildman–Crippen LogP) is 0.722. The standard InChI is InChI=1S/C11H13N5O3S/c1-20(17,18)16-11-13-10(14-15-11)12-8-6-19-9-5-3-2-4-7(8)9/h2-5,8H,6H2,1H3,(H3,12,13,14,15,16). The van der Waals surface area contributed by atoms with Crippen LogP contribution in [0.2, 0.25) is 0 Å². The van der Waals surface area contributed by atoms with Gasteiger partial charge in [0.15, 0.2) is 0 Å². The van der Waals surface area contributed by atoms with Gasteiger partial charge < -0.3 is 10.1 Å². The molecule has 0 saturated heterocycles. The summed E-state index contributed by atoms with van der Waals surface area (Å²) >= 11 is 0. The first kappa shape index (κ1) is 12.7. The minimum absolute atomic E-state index is 0.0620. The molecule has 1 aliphatic rings. The van der Waals surface area contributed by atoms with Crippen LogP contribution in [0.25, 0.3) is 0 Å². The average Bonchev–Trinajstić information content (AvgIpc) is 2.96. The molecule has 1 aromatic carbocycles. The Balaban J connectivity index is 1.74. The van der Waals surface area contributed by atoms with Gasteiger partial charge in [-0.3, -0.25) is 4.72 Å². The number of nitrogens with zero attached hydrogens (tertiary/aromatic N) is 2. The Morgan fingerprint density at radius 1 is 1.40 bits per heavy atom. The zero-order valence-corrected chi connectivity index (χ0v) is 11.4. The number of H-pyrrole nitrogens is 1. The third-order valence-corrected chi connectivity index (χ3v) is 3.33. The van der Waals surface area contributed by atoms with Crippen molar-refractivity contribution in [1.82, 2.24) is 15.2 Å². The lowest BCUT2D eigenvalue weighted by Crippen LogP contribution is -2.13. The van der Waals surface area contributed by atoms with E-state index in [1.165, 1.54) is 0 Å². The van der Waals surface area contributed by atoms with Crippen LogP contribution in [-0.2, 0) is 10.0 Å². The average molecular weight is 295 g/mol. The van der Waals surface area contributed by atoms with Gasteiger partial charge in [0.2, 0.25) is 21.9 Å². The number of anilines is 2. The van der Waals surface area contributed by atoms with Gasteiger partial charge >= 0.3 is 0 Å². The van der Waals surface area contributed by atoms with Gasteiger partial charge in [0.1, 0.15) is 12.4 Å². The van der Waals surface area contributed by atoms with Gasteiger partial charge in [0, 0.05) is 5.56 Å². The number of nitrogens with one attached hydrogen (secondary N) is 3. The van der Waals surface area contributed by atoms with Gasteiger partial charge in [-0.2, -0.15) is 4.98 Å². The zero-order chi connectivity index (χ0) is 14.2. The van der Waals surface area contributed by atoms with E-state index in [1.807, 2.05) is 24.3 Å². The van der Waals surface area contributed by atoms with Crippen LogP contribution < -0.4 is 14.8 Å². The van der Waals surface area contributed by atoms with Crippen LogP contribution in [0.3, 0.4) is 0 Å². The highest BCUT2D eigenvalue weighted by Crippen LogP contribution is 2.33. The summed E-state index contributed by atoms with van der Waals surface area (Å²) < 4.78 is 29.9. The Kier molecular flexibility index (Phi) is 2.97. The fourth-order valence-corrected chi connectivity index (χ4v) is 2.43. The van der Waals surface area contributed by atoms with E-state index in [0.717, 1.165) is 17.6 Å². The number of hydrogen-bond acceptors (Lipinski definition) is 6. The molecule has 2 aromatic rings. The molecule has 8 nitrogen and oxygen atoms in total. The monoisotopic (exact) mass is 295 g/mol. The highest BCUT2D eigenvalue weighted by Gasteiger charge is 2.24. The second-order valence-corrected chi connectivity index (χ2v) is 6.18. The Hall–Kier alpha value is -2.29. The van der Waals surface area contributed by atoms with Gasteiger partial charge in [0.05, 0.1) is 12.3 Å². The van der Waals surface area contributed by atoms with E-state index in [1.54, 1.807) is 0 Å². The van der Waals surface area contributed by atoms with Crippen LogP contribution in [0.5, 0.6) is 5.75 Å². The van der Waals surface area contributed by atoms with Crippen molar-refractivity contribution >= 4 is 21.9 Å². The molecule has 1 unspecified atom stereocenters. The lowest BCUT2D eigenvalue weighted by molar-refractivity contribution is 0.339. The molecular weight excluding hydrogens is 282 g/mol. The molecule has 0 radical (unpaired) electrons. The van der Waals surface area contributed by atoms with E-state index in [-0.39, 0.29) is 12.0 Å². The van der Waals surface area contributed by atoms with Crippen molar-refractivity contribution in [2.75, 3.05) is 22.9 Å². The molecule has 0 bridgehead atoms. The quantitative estimate of drug-likeness (QED) is 0.767. The number of para-hydroxylation sites is 1. The summed E-state index contributed by atoms with van der Waals surface area (Å²) in [5, 5.41) is 9.50. The second-order valence-electron chi connectivity index (χ2n) is 4.43. The number of sulfonamides is 1. The van der Waals surface area contributed by atoms with Crippen LogP contribution in [-0.4, -0.2) is 36.5 Å². The minimum Gasteiger partial charge on any atom is -0.491 e. The highest BCUT2D eigenvalue weighted by atomic mass is 32.2. The third-order valence-electron chi connectivity index (χ3n) is 2.77. The Morgan fingerprint density at radius 2 is 2.20 bits per heavy atom. The summed E-state index contributed by atoms with van der Waals surface area (Å²) in [6, 6.07) is 7.63. The largest absolute Gasteiger partial charge is 0.491 e. The number of rotatable bonds is 4. The predicted molar refractivity (Wildman–Crippen MR) is 73.1 cm³/mol. The topological polar surface area (TPSA) is 109 Å². The molecule has 106 valence electrons. The SMILES string of the molecule is CS(=O)(=O)Nc1nc(NC2COc3ccccc32)n[nH]1. The van der Waals surface area contributed by atoms with Crippen LogP contribution >= 0.6 is 0 Å². The molecule has 0 spiro atoms. The Labute approximate surface area is 115 Å². The molecule has 1 atom stereocenters. The van der Waals surface area contributed by atoms with E-state index >= 15 is 0 Å². The molecule has 0 aliphatic carbocycles. The number of ether oxygens (including phenoxy) is 1. The molecule has 1 aromatic heterocycles. The van der Waals surface area contributed by atoms with Gasteiger partial charge in [0.25, 0.3) is 0 Å². The molecule has 0 amide bonds. The molecule has 2 heterocycles. The van der Waals surface area contributed by atoms with Crippen molar-refractivity contribution in [3.05, 3.63) is 29.8 Å². The number of fused-ring (bicyclic) bond motifs is 1. The normalized spacial score (nSPS) is 17.4. The van der Waals surface area contributed by atoms with Crippen molar-refractivity contribution in [1.29, 1.82) is 0 Å². The maximum Gasteiger partial charge on any atom is 0.244 e. The van der Waals surface area contributed by atoms with Crippen molar-refractivity contribution in [2.45, 2.75) is 6.04 Å². The van der Waals surface area contributed by atoms with Crippen LogP contribution in [0, 0.1) is 0 Å². The fourth-order valence-electron chi connectivity index (χ4n) is 1.99. The van der Waals surface area contributed by atoms with Crippen LogP contribution in [0.4, 0.5) is 11.9 Å². The summed E-state index contributed by atoms with van der Waals surface area (Å²) in [4.78, 5) is 4.01.